The highest BCUT2D eigenvalue weighted by atomic mass is 32.1. The zero-order valence-corrected chi connectivity index (χ0v) is 17.8. The zero-order valence-electron chi connectivity index (χ0n) is 16.9. The summed E-state index contributed by atoms with van der Waals surface area (Å²) in [5.41, 5.74) is 16.1. The molecule has 4 atom stereocenters. The van der Waals surface area contributed by atoms with Gasteiger partial charge in [-0.1, -0.05) is 0 Å². The predicted octanol–water partition coefficient (Wildman–Crippen LogP) is -2.64. The third-order valence-corrected chi connectivity index (χ3v) is 5.06. The number of guanidine groups is 1. The molecule has 0 aromatic carbocycles. The number of hydrogen-bond donors (Lipinski definition) is 7. The summed E-state index contributed by atoms with van der Waals surface area (Å²) >= 11 is 4.01. The molecule has 0 aliphatic carbocycles. The van der Waals surface area contributed by atoms with E-state index in [0.29, 0.717) is 25.8 Å². The number of amides is 3. The van der Waals surface area contributed by atoms with Gasteiger partial charge in [-0.2, -0.15) is 12.6 Å². The minimum atomic E-state index is -1.21. The van der Waals surface area contributed by atoms with E-state index in [2.05, 4.69) is 28.3 Å². The average molecular weight is 446 g/mol. The maximum Gasteiger partial charge on any atom is 0.326 e. The smallest absolute Gasteiger partial charge is 0.326 e. The number of rotatable bonds is 11. The molecule has 9 N–H and O–H groups in total. The Kier molecular flexibility index (Phi) is 10.4. The topological polar surface area (TPSA) is 206 Å². The number of aliphatic imine (C=N–C) groups is 1. The van der Waals surface area contributed by atoms with Crippen LogP contribution >= 0.6 is 12.6 Å². The van der Waals surface area contributed by atoms with Crippen LogP contribution in [0.2, 0.25) is 0 Å². The molecule has 0 radical (unpaired) electrons. The van der Waals surface area contributed by atoms with Gasteiger partial charge in [0.1, 0.15) is 18.1 Å². The molecule has 13 heteroatoms. The number of nitrogens with one attached hydrogen (secondary N) is 2. The number of nitrogens with zero attached hydrogens (tertiary/aromatic N) is 2. The lowest BCUT2D eigenvalue weighted by molar-refractivity contribution is -0.143. The van der Waals surface area contributed by atoms with Gasteiger partial charge in [-0.25, -0.2) is 4.79 Å². The van der Waals surface area contributed by atoms with Crippen LogP contribution < -0.4 is 27.8 Å². The molecule has 0 aromatic heterocycles. The van der Waals surface area contributed by atoms with Crippen LogP contribution in [0.5, 0.6) is 0 Å². The molecule has 1 saturated heterocycles. The Hall–Kier alpha value is -2.54. The largest absolute Gasteiger partial charge is 0.480 e. The van der Waals surface area contributed by atoms with Crippen molar-refractivity contribution in [3.63, 3.8) is 0 Å². The first-order chi connectivity index (χ1) is 14.1. The van der Waals surface area contributed by atoms with E-state index in [9.17, 15) is 24.3 Å². The highest BCUT2D eigenvalue weighted by Crippen LogP contribution is 2.18. The average Bonchev–Trinajstić information content (AvgIpc) is 3.18. The molecule has 12 nitrogen and oxygen atoms in total. The summed E-state index contributed by atoms with van der Waals surface area (Å²) in [5, 5.41) is 14.2. The van der Waals surface area contributed by atoms with Gasteiger partial charge in [0, 0.05) is 18.8 Å². The first-order valence-electron chi connectivity index (χ1n) is 9.64. The minimum absolute atomic E-state index is 0.1000. The number of carbonyl (C=O) groups is 4. The van der Waals surface area contributed by atoms with Crippen molar-refractivity contribution < 1.29 is 24.3 Å². The molecule has 170 valence electrons. The van der Waals surface area contributed by atoms with Crippen LogP contribution in [-0.2, 0) is 19.2 Å². The second-order valence-electron chi connectivity index (χ2n) is 7.06. The van der Waals surface area contributed by atoms with Crippen molar-refractivity contribution in [1.82, 2.24) is 15.5 Å². The summed E-state index contributed by atoms with van der Waals surface area (Å²) in [4.78, 5) is 53.8. The fraction of sp³-hybridized carbons (Fsp3) is 0.706. The maximum absolute atomic E-state index is 12.6. The number of likely N-dealkylation sites (tertiary alicyclic amines) is 1. The van der Waals surface area contributed by atoms with Gasteiger partial charge < -0.3 is 37.8 Å². The number of thiol groups is 1. The summed E-state index contributed by atoms with van der Waals surface area (Å²) in [6, 6.07) is -3.68. The first-order valence-corrected chi connectivity index (χ1v) is 10.3. The highest BCUT2D eigenvalue weighted by molar-refractivity contribution is 7.80. The molecule has 4 unspecified atom stereocenters. The fourth-order valence-electron chi connectivity index (χ4n) is 3.03. The lowest BCUT2D eigenvalue weighted by atomic mass is 10.1. The lowest BCUT2D eigenvalue weighted by Gasteiger charge is -2.27. The van der Waals surface area contributed by atoms with Crippen molar-refractivity contribution in [3.05, 3.63) is 0 Å². The van der Waals surface area contributed by atoms with Gasteiger partial charge in [-0.15, -0.1) is 0 Å². The van der Waals surface area contributed by atoms with Crippen LogP contribution in [-0.4, -0.2) is 82.7 Å². The van der Waals surface area contributed by atoms with Crippen molar-refractivity contribution in [2.75, 3.05) is 18.8 Å². The van der Waals surface area contributed by atoms with Gasteiger partial charge in [0.05, 0.1) is 6.04 Å². The Morgan fingerprint density at radius 3 is 2.50 bits per heavy atom. The minimum Gasteiger partial charge on any atom is -0.480 e. The second kappa shape index (κ2) is 12.2. The summed E-state index contributed by atoms with van der Waals surface area (Å²) in [6.07, 6.45) is 1.56. The third kappa shape index (κ3) is 7.71. The monoisotopic (exact) mass is 445 g/mol. The first kappa shape index (κ1) is 25.5. The van der Waals surface area contributed by atoms with E-state index in [1.165, 1.54) is 11.8 Å². The van der Waals surface area contributed by atoms with Crippen molar-refractivity contribution >= 4 is 42.3 Å². The van der Waals surface area contributed by atoms with E-state index in [1.807, 2.05) is 0 Å². The number of hydrogen-bond acceptors (Lipinski definition) is 7. The van der Waals surface area contributed by atoms with Gasteiger partial charge in [-0.3, -0.25) is 19.4 Å². The quantitative estimate of drug-likeness (QED) is 0.0772. The summed E-state index contributed by atoms with van der Waals surface area (Å²) in [5.74, 6) is -2.67. The SMILES string of the molecule is CC(NC(=O)C1CCCN1C(=O)C(N)CS)C(=O)NC(CCCN=C(N)N)C(=O)O. The molecule has 0 bridgehead atoms. The lowest BCUT2D eigenvalue weighted by Crippen LogP contribution is -2.56. The molecule has 0 saturated carbocycles. The van der Waals surface area contributed by atoms with E-state index in [1.54, 1.807) is 0 Å². The molecule has 1 aliphatic heterocycles. The number of aliphatic carboxylic acids is 1. The molecule has 30 heavy (non-hydrogen) atoms. The normalized spacial score (nSPS) is 18.8. The van der Waals surface area contributed by atoms with Gasteiger partial charge >= 0.3 is 5.97 Å². The van der Waals surface area contributed by atoms with E-state index in [0.717, 1.165) is 0 Å². The molecule has 3 amide bonds. The van der Waals surface area contributed by atoms with Crippen molar-refractivity contribution in [1.29, 1.82) is 0 Å². The molecule has 0 spiro atoms. The Labute approximate surface area is 180 Å². The molecule has 1 rings (SSSR count). The van der Waals surface area contributed by atoms with Crippen LogP contribution in [0.15, 0.2) is 4.99 Å². The van der Waals surface area contributed by atoms with Gasteiger partial charge in [0.2, 0.25) is 17.7 Å². The van der Waals surface area contributed by atoms with Gasteiger partial charge in [0.15, 0.2) is 5.96 Å². The molecular formula is C17H31N7O5S. The molecule has 1 heterocycles. The van der Waals surface area contributed by atoms with Crippen molar-refractivity contribution in [2.24, 2.45) is 22.2 Å². The molecule has 1 aliphatic rings. The van der Waals surface area contributed by atoms with Gasteiger partial charge in [0.25, 0.3) is 0 Å². The van der Waals surface area contributed by atoms with Crippen molar-refractivity contribution in [2.45, 2.75) is 56.8 Å². The number of nitrogens with two attached hydrogens (primary N) is 3. The maximum atomic E-state index is 12.6. The van der Waals surface area contributed by atoms with Crippen molar-refractivity contribution in [3.8, 4) is 0 Å². The second-order valence-corrected chi connectivity index (χ2v) is 7.42. The summed E-state index contributed by atoms with van der Waals surface area (Å²) < 4.78 is 0. The molecular weight excluding hydrogens is 414 g/mol. The zero-order chi connectivity index (χ0) is 22.8. The fourth-order valence-corrected chi connectivity index (χ4v) is 3.18. The third-order valence-electron chi connectivity index (χ3n) is 4.66. The van der Waals surface area contributed by atoms with E-state index >= 15 is 0 Å². The van der Waals surface area contributed by atoms with Crippen LogP contribution in [0.4, 0.5) is 0 Å². The van der Waals surface area contributed by atoms with Crippen LogP contribution in [0.3, 0.4) is 0 Å². The van der Waals surface area contributed by atoms with E-state index in [-0.39, 0.29) is 30.6 Å². The van der Waals surface area contributed by atoms with Gasteiger partial charge in [-0.05, 0) is 32.6 Å². The van der Waals surface area contributed by atoms with E-state index < -0.39 is 42.0 Å². The predicted molar refractivity (Wildman–Crippen MR) is 114 cm³/mol. The summed E-state index contributed by atoms with van der Waals surface area (Å²) in [7, 11) is 0. The van der Waals surface area contributed by atoms with Crippen LogP contribution in [0.1, 0.15) is 32.6 Å². The Balaban J connectivity index is 2.62. The molecule has 0 aromatic rings. The highest BCUT2D eigenvalue weighted by Gasteiger charge is 2.37. The number of carbonyl (C=O) groups excluding carboxylic acids is 3. The van der Waals surface area contributed by atoms with Crippen LogP contribution in [0, 0.1) is 0 Å². The Morgan fingerprint density at radius 1 is 1.27 bits per heavy atom. The molecule has 1 fully saturated rings. The van der Waals surface area contributed by atoms with Crippen LogP contribution in [0.25, 0.3) is 0 Å². The Morgan fingerprint density at radius 2 is 1.93 bits per heavy atom. The van der Waals surface area contributed by atoms with E-state index in [4.69, 9.17) is 17.2 Å². The number of carboxylic acid groups (broad SMARTS) is 1. The summed E-state index contributed by atoms with van der Waals surface area (Å²) in [6.45, 7) is 2.07. The Bertz CT molecular complexity index is 671. The standard InChI is InChI=1S/C17H31N7O5S/c1-9(13(25)23-11(16(28)29)4-2-6-21-17(19)20)22-14(26)12-5-3-7-24(12)15(27)10(18)8-30/h9-12,30H,2-8,18H2,1H3,(H,22,26)(H,23,25)(H,28,29)(H4,19,20,21). The number of carboxylic acids is 1.